The minimum Gasteiger partial charge on any atom is -0.324 e. The highest BCUT2D eigenvalue weighted by atomic mass is 16.2. The molecule has 1 amide bonds. The monoisotopic (exact) mass is 358 g/mol. The van der Waals surface area contributed by atoms with Crippen LogP contribution in [0.2, 0.25) is 0 Å². The van der Waals surface area contributed by atoms with Crippen molar-refractivity contribution in [1.29, 1.82) is 0 Å². The maximum Gasteiger partial charge on any atom is 0.277 e. The van der Waals surface area contributed by atoms with Crippen molar-refractivity contribution in [3.63, 3.8) is 0 Å². The number of carbonyl (C=O) groups excluding carboxylic acids is 1. The molecule has 0 aliphatic carbocycles. The lowest BCUT2D eigenvalue weighted by Crippen LogP contribution is -2.29. The maximum atomic E-state index is 13.0. The van der Waals surface area contributed by atoms with Crippen LogP contribution in [0.5, 0.6) is 0 Å². The number of rotatable bonds is 3. The molecule has 2 heterocycles. The fourth-order valence-corrected chi connectivity index (χ4v) is 3.71. The van der Waals surface area contributed by atoms with Gasteiger partial charge in [0.25, 0.3) is 5.91 Å². The molecule has 27 heavy (non-hydrogen) atoms. The average molecular weight is 358 g/mol. The number of fused-ring (bicyclic) bond motifs is 1. The molecule has 0 spiro atoms. The van der Waals surface area contributed by atoms with Gasteiger partial charge >= 0.3 is 0 Å². The molecule has 0 saturated carbocycles. The molecule has 1 aliphatic heterocycles. The van der Waals surface area contributed by atoms with Gasteiger partial charge in [-0.2, -0.15) is 0 Å². The van der Waals surface area contributed by atoms with Crippen molar-refractivity contribution in [1.82, 2.24) is 9.97 Å². The third kappa shape index (κ3) is 3.28. The summed E-state index contributed by atoms with van der Waals surface area (Å²) in [5, 5.41) is 3.28. The van der Waals surface area contributed by atoms with E-state index in [-0.39, 0.29) is 5.91 Å². The fraction of sp³-hybridized carbons (Fsp3) is 0.227. The van der Waals surface area contributed by atoms with Gasteiger partial charge in [0.15, 0.2) is 0 Å². The Hall–Kier alpha value is -3.21. The molecule has 1 aliphatic rings. The van der Waals surface area contributed by atoms with Gasteiger partial charge in [0.1, 0.15) is 5.69 Å². The van der Waals surface area contributed by atoms with E-state index in [0.29, 0.717) is 18.2 Å². The molecular weight excluding hydrogens is 336 g/mol. The Labute approximate surface area is 159 Å². The topological polar surface area (TPSA) is 58.1 Å². The molecule has 0 fully saturated rings. The van der Waals surface area contributed by atoms with E-state index in [1.165, 1.54) is 11.1 Å². The number of aryl methyl sites for hydroxylation is 3. The first-order valence-corrected chi connectivity index (χ1v) is 9.10. The lowest BCUT2D eigenvalue weighted by Gasteiger charge is -2.17. The number of nitrogens with zero attached hydrogens (tertiary/aromatic N) is 3. The van der Waals surface area contributed by atoms with Crippen LogP contribution in [0.25, 0.3) is 0 Å². The van der Waals surface area contributed by atoms with E-state index in [2.05, 4.69) is 54.3 Å². The predicted molar refractivity (Wildman–Crippen MR) is 108 cm³/mol. The Morgan fingerprint density at radius 1 is 1.07 bits per heavy atom. The Morgan fingerprint density at radius 2 is 1.81 bits per heavy atom. The molecule has 0 atom stereocenters. The van der Waals surface area contributed by atoms with Crippen molar-refractivity contribution in [3.8, 4) is 0 Å². The summed E-state index contributed by atoms with van der Waals surface area (Å²) in [4.78, 5) is 23.6. The number of para-hydroxylation sites is 1. The summed E-state index contributed by atoms with van der Waals surface area (Å²) in [6, 6.07) is 13.9. The van der Waals surface area contributed by atoms with Crippen LogP contribution in [-0.4, -0.2) is 22.4 Å². The summed E-state index contributed by atoms with van der Waals surface area (Å²) >= 11 is 0. The maximum absolute atomic E-state index is 13.0. The number of hydrogen-bond donors (Lipinski definition) is 1. The first kappa shape index (κ1) is 17.2. The van der Waals surface area contributed by atoms with Gasteiger partial charge in [-0.15, -0.1) is 0 Å². The number of benzene rings is 2. The molecular formula is C22H22N4O. The SMILES string of the molecule is Cc1cc(C)c(Nc2nccc(C(=O)N3CCc4ccccc43)n2)c(C)c1. The molecule has 136 valence electrons. The summed E-state index contributed by atoms with van der Waals surface area (Å²) in [5.41, 5.74) is 7.02. The Balaban J connectivity index is 1.61. The second kappa shape index (κ2) is 6.83. The standard InChI is InChI=1S/C22H22N4O/c1-14-12-15(2)20(16(3)13-14)25-22-23-10-8-18(24-22)21(27)26-11-9-17-6-4-5-7-19(17)26/h4-8,10,12-13H,9,11H2,1-3H3,(H,23,24,25). The van der Waals surface area contributed by atoms with Gasteiger partial charge in [-0.25, -0.2) is 9.97 Å². The summed E-state index contributed by atoms with van der Waals surface area (Å²) in [5.74, 6) is 0.339. The smallest absolute Gasteiger partial charge is 0.277 e. The van der Waals surface area contributed by atoms with E-state index in [9.17, 15) is 4.79 Å². The third-order valence-electron chi connectivity index (χ3n) is 4.92. The van der Waals surface area contributed by atoms with Crippen LogP contribution in [0.3, 0.4) is 0 Å². The van der Waals surface area contributed by atoms with E-state index < -0.39 is 0 Å². The normalized spacial score (nSPS) is 12.8. The molecule has 5 heteroatoms. The Bertz CT molecular complexity index is 1010. The van der Waals surface area contributed by atoms with E-state index in [1.807, 2.05) is 18.2 Å². The van der Waals surface area contributed by atoms with Crippen LogP contribution in [0.1, 0.15) is 32.7 Å². The molecule has 0 bridgehead atoms. The molecule has 4 rings (SSSR count). The quantitative estimate of drug-likeness (QED) is 0.756. The average Bonchev–Trinajstić information content (AvgIpc) is 3.08. The van der Waals surface area contributed by atoms with E-state index >= 15 is 0 Å². The molecule has 5 nitrogen and oxygen atoms in total. The lowest BCUT2D eigenvalue weighted by molar-refractivity contribution is 0.0984. The van der Waals surface area contributed by atoms with Crippen molar-refractivity contribution in [2.45, 2.75) is 27.2 Å². The molecule has 0 saturated heterocycles. The lowest BCUT2D eigenvalue weighted by atomic mass is 10.1. The number of aromatic nitrogens is 2. The van der Waals surface area contributed by atoms with Crippen LogP contribution in [-0.2, 0) is 6.42 Å². The van der Waals surface area contributed by atoms with Crippen molar-refractivity contribution in [2.24, 2.45) is 0 Å². The minimum absolute atomic E-state index is 0.0947. The molecule has 1 aromatic heterocycles. The van der Waals surface area contributed by atoms with E-state index in [1.54, 1.807) is 17.2 Å². The molecule has 0 radical (unpaired) electrons. The molecule has 1 N–H and O–H groups in total. The van der Waals surface area contributed by atoms with Gasteiger partial charge in [0, 0.05) is 24.1 Å². The Morgan fingerprint density at radius 3 is 2.59 bits per heavy atom. The third-order valence-corrected chi connectivity index (χ3v) is 4.92. The number of carbonyl (C=O) groups is 1. The van der Waals surface area contributed by atoms with Crippen molar-refractivity contribution < 1.29 is 4.79 Å². The van der Waals surface area contributed by atoms with Crippen molar-refractivity contribution >= 4 is 23.2 Å². The Kier molecular flexibility index (Phi) is 4.36. The second-order valence-electron chi connectivity index (χ2n) is 7.00. The minimum atomic E-state index is -0.0947. The van der Waals surface area contributed by atoms with E-state index in [4.69, 9.17) is 0 Å². The highest BCUT2D eigenvalue weighted by molar-refractivity contribution is 6.06. The van der Waals surface area contributed by atoms with Crippen molar-refractivity contribution in [2.75, 3.05) is 16.8 Å². The predicted octanol–water partition coefficient (Wildman–Crippen LogP) is 4.35. The van der Waals surface area contributed by atoms with Gasteiger partial charge in [0.2, 0.25) is 5.95 Å². The summed E-state index contributed by atoms with van der Waals surface area (Å²) in [7, 11) is 0. The van der Waals surface area contributed by atoms with E-state index in [0.717, 1.165) is 28.9 Å². The van der Waals surface area contributed by atoms with Crippen LogP contribution in [0, 0.1) is 20.8 Å². The summed E-state index contributed by atoms with van der Waals surface area (Å²) < 4.78 is 0. The first-order valence-electron chi connectivity index (χ1n) is 9.10. The highest BCUT2D eigenvalue weighted by Crippen LogP contribution is 2.29. The molecule has 3 aromatic rings. The fourth-order valence-electron chi connectivity index (χ4n) is 3.71. The van der Waals surface area contributed by atoms with Gasteiger partial charge in [-0.3, -0.25) is 4.79 Å². The van der Waals surface area contributed by atoms with Crippen LogP contribution >= 0.6 is 0 Å². The largest absolute Gasteiger partial charge is 0.324 e. The molecule has 0 unspecified atom stereocenters. The first-order chi connectivity index (χ1) is 13.0. The summed E-state index contributed by atoms with van der Waals surface area (Å²) in [6.45, 7) is 6.87. The number of amides is 1. The van der Waals surface area contributed by atoms with Crippen LogP contribution < -0.4 is 10.2 Å². The van der Waals surface area contributed by atoms with Gasteiger partial charge < -0.3 is 10.2 Å². The van der Waals surface area contributed by atoms with Crippen LogP contribution in [0.4, 0.5) is 17.3 Å². The highest BCUT2D eigenvalue weighted by Gasteiger charge is 2.26. The molecule has 2 aromatic carbocycles. The zero-order chi connectivity index (χ0) is 19.0. The van der Waals surface area contributed by atoms with Gasteiger partial charge in [-0.1, -0.05) is 35.9 Å². The number of nitrogens with one attached hydrogen (secondary N) is 1. The van der Waals surface area contributed by atoms with Gasteiger partial charge in [0.05, 0.1) is 0 Å². The van der Waals surface area contributed by atoms with Crippen LogP contribution in [0.15, 0.2) is 48.7 Å². The number of hydrogen-bond acceptors (Lipinski definition) is 4. The van der Waals surface area contributed by atoms with Gasteiger partial charge in [-0.05, 0) is 56.0 Å². The van der Waals surface area contributed by atoms with Crippen molar-refractivity contribution in [3.05, 3.63) is 76.6 Å². The zero-order valence-electron chi connectivity index (χ0n) is 15.8. The summed E-state index contributed by atoms with van der Waals surface area (Å²) in [6.07, 6.45) is 2.50. The zero-order valence-corrected chi connectivity index (χ0v) is 15.8. The second-order valence-corrected chi connectivity index (χ2v) is 7.00. The number of anilines is 3.